The van der Waals surface area contributed by atoms with Gasteiger partial charge < -0.3 is 0 Å². The van der Waals surface area contributed by atoms with Gasteiger partial charge in [0.05, 0.1) is 9.40 Å². The molecule has 1 aliphatic rings. The van der Waals surface area contributed by atoms with Crippen LogP contribution < -0.4 is 0 Å². The van der Waals surface area contributed by atoms with Gasteiger partial charge in [-0.05, 0) is 42.4 Å². The molecule has 1 fully saturated rings. The average molecular weight is 334 g/mol. The molecule has 0 spiro atoms. The first-order chi connectivity index (χ1) is 11.1. The van der Waals surface area contributed by atoms with E-state index < -0.39 is 11.6 Å². The van der Waals surface area contributed by atoms with Gasteiger partial charge in [0.1, 0.15) is 5.82 Å². The Balaban J connectivity index is 1.88. The molecule has 0 radical (unpaired) electrons. The second-order valence-corrected chi connectivity index (χ2v) is 7.66. The second-order valence-electron chi connectivity index (χ2n) is 6.64. The first-order valence-corrected chi connectivity index (χ1v) is 8.86. The summed E-state index contributed by atoms with van der Waals surface area (Å²) in [5.41, 5.74) is 0.733. The van der Waals surface area contributed by atoms with Crippen molar-refractivity contribution in [2.45, 2.75) is 38.5 Å². The second kappa shape index (κ2) is 5.52. The van der Waals surface area contributed by atoms with Crippen molar-refractivity contribution in [3.63, 3.8) is 0 Å². The summed E-state index contributed by atoms with van der Waals surface area (Å²) in [5.74, 6) is -1.06. The molecule has 0 nitrogen and oxygen atoms in total. The third kappa shape index (κ3) is 2.35. The van der Waals surface area contributed by atoms with Crippen LogP contribution in [0.25, 0.3) is 20.2 Å². The summed E-state index contributed by atoms with van der Waals surface area (Å²) in [4.78, 5) is 0. The number of fused-ring (bicyclic) bond motifs is 3. The molecule has 1 aromatic heterocycles. The highest BCUT2D eigenvalue weighted by atomic mass is 32.1. The zero-order chi connectivity index (χ0) is 16.1. The van der Waals surface area contributed by atoms with E-state index in [4.69, 9.17) is 0 Å². The highest BCUT2D eigenvalue weighted by Crippen LogP contribution is 2.42. The van der Waals surface area contributed by atoms with Crippen LogP contribution in [0.2, 0.25) is 0 Å². The van der Waals surface area contributed by atoms with Crippen molar-refractivity contribution in [3.05, 3.63) is 47.3 Å². The van der Waals surface area contributed by atoms with E-state index in [1.807, 2.05) is 12.1 Å². The minimum Gasteiger partial charge on any atom is -0.205 e. The summed E-state index contributed by atoms with van der Waals surface area (Å²) in [6.07, 6.45) is 4.23. The van der Waals surface area contributed by atoms with Crippen molar-refractivity contribution < 1.29 is 13.2 Å². The molecule has 120 valence electrons. The first-order valence-electron chi connectivity index (χ1n) is 8.05. The van der Waals surface area contributed by atoms with Crippen LogP contribution in [0.5, 0.6) is 0 Å². The van der Waals surface area contributed by atoms with Crippen LogP contribution in [0, 0.1) is 23.4 Å². The normalized spacial score (nSPS) is 22.1. The lowest BCUT2D eigenvalue weighted by Crippen LogP contribution is -2.12. The van der Waals surface area contributed by atoms with Gasteiger partial charge in [-0.25, -0.2) is 13.2 Å². The Bertz CT molecular complexity index is 889. The molecule has 0 amide bonds. The Labute approximate surface area is 136 Å². The third-order valence-electron chi connectivity index (χ3n) is 5.13. The smallest absolute Gasteiger partial charge is 0.176 e. The maximum absolute atomic E-state index is 15.0. The van der Waals surface area contributed by atoms with Gasteiger partial charge >= 0.3 is 0 Å². The van der Waals surface area contributed by atoms with Crippen molar-refractivity contribution in [2.24, 2.45) is 5.92 Å². The standard InChI is InChI=1S/C19H17F3S/c1-10-2-4-11(5-3-10)12-6-7-13-14-8-9-15(20)17(22)19(14)23-18(13)16(12)21/h6-11H,2-5H2,1H3. The Morgan fingerprint density at radius 2 is 1.43 bits per heavy atom. The van der Waals surface area contributed by atoms with Crippen LogP contribution in [-0.4, -0.2) is 0 Å². The van der Waals surface area contributed by atoms with E-state index in [0.717, 1.165) is 48.6 Å². The van der Waals surface area contributed by atoms with Crippen molar-refractivity contribution in [1.29, 1.82) is 0 Å². The van der Waals surface area contributed by atoms with Crippen molar-refractivity contribution >= 4 is 31.5 Å². The fourth-order valence-electron chi connectivity index (χ4n) is 3.72. The van der Waals surface area contributed by atoms with Crippen LogP contribution in [0.1, 0.15) is 44.1 Å². The fraction of sp³-hybridized carbons (Fsp3) is 0.368. The summed E-state index contributed by atoms with van der Waals surface area (Å²) < 4.78 is 43.1. The molecule has 1 saturated carbocycles. The minimum atomic E-state index is -0.883. The summed E-state index contributed by atoms with van der Waals surface area (Å²) in [6.45, 7) is 2.24. The largest absolute Gasteiger partial charge is 0.205 e. The van der Waals surface area contributed by atoms with E-state index in [1.54, 1.807) is 0 Å². The summed E-state index contributed by atoms with van der Waals surface area (Å²) in [6, 6.07) is 6.35. The van der Waals surface area contributed by atoms with E-state index in [1.165, 1.54) is 6.07 Å². The average Bonchev–Trinajstić information content (AvgIpc) is 2.93. The Hall–Kier alpha value is -1.55. The summed E-state index contributed by atoms with van der Waals surface area (Å²) in [5, 5.41) is 1.26. The Morgan fingerprint density at radius 3 is 2.13 bits per heavy atom. The molecule has 0 bridgehead atoms. The lowest BCUT2D eigenvalue weighted by Gasteiger charge is -2.26. The number of rotatable bonds is 1. The van der Waals surface area contributed by atoms with Gasteiger partial charge in [-0.3, -0.25) is 0 Å². The number of halogens is 3. The van der Waals surface area contributed by atoms with Gasteiger partial charge in [-0.15, -0.1) is 11.3 Å². The van der Waals surface area contributed by atoms with E-state index in [2.05, 4.69) is 6.92 Å². The van der Waals surface area contributed by atoms with E-state index >= 15 is 4.39 Å². The highest BCUT2D eigenvalue weighted by molar-refractivity contribution is 7.25. The van der Waals surface area contributed by atoms with E-state index in [0.29, 0.717) is 21.4 Å². The highest BCUT2D eigenvalue weighted by Gasteiger charge is 2.24. The molecule has 23 heavy (non-hydrogen) atoms. The zero-order valence-electron chi connectivity index (χ0n) is 12.8. The predicted octanol–water partition coefficient (Wildman–Crippen LogP) is 6.77. The molecule has 0 aliphatic heterocycles. The zero-order valence-corrected chi connectivity index (χ0v) is 13.7. The van der Waals surface area contributed by atoms with Crippen LogP contribution in [0.4, 0.5) is 13.2 Å². The quantitative estimate of drug-likeness (QED) is 0.461. The SMILES string of the molecule is CC1CCC(c2ccc3c(sc4c(F)c(F)ccc43)c2F)CC1. The summed E-state index contributed by atoms with van der Waals surface area (Å²) in [7, 11) is 0. The van der Waals surface area contributed by atoms with Crippen molar-refractivity contribution in [2.75, 3.05) is 0 Å². The number of thiophene rings is 1. The lowest BCUT2D eigenvalue weighted by atomic mass is 9.79. The Morgan fingerprint density at radius 1 is 0.826 bits per heavy atom. The molecule has 3 aromatic rings. The van der Waals surface area contributed by atoms with Crippen molar-refractivity contribution in [1.82, 2.24) is 0 Å². The fourth-order valence-corrected chi connectivity index (χ4v) is 4.89. The van der Waals surface area contributed by atoms with Gasteiger partial charge in [-0.2, -0.15) is 0 Å². The molecular weight excluding hydrogens is 317 g/mol. The third-order valence-corrected chi connectivity index (χ3v) is 6.33. The molecule has 4 rings (SSSR count). The van der Waals surface area contributed by atoms with Gasteiger partial charge in [0.15, 0.2) is 11.6 Å². The molecule has 2 aromatic carbocycles. The van der Waals surface area contributed by atoms with Crippen LogP contribution in [-0.2, 0) is 0 Å². The Kier molecular flexibility index (Phi) is 3.60. The van der Waals surface area contributed by atoms with Gasteiger partial charge in [-0.1, -0.05) is 31.9 Å². The first kappa shape index (κ1) is 15.0. The van der Waals surface area contributed by atoms with E-state index in [-0.39, 0.29) is 16.4 Å². The van der Waals surface area contributed by atoms with Crippen LogP contribution in [0.15, 0.2) is 24.3 Å². The monoisotopic (exact) mass is 334 g/mol. The number of benzene rings is 2. The van der Waals surface area contributed by atoms with Gasteiger partial charge in [0, 0.05) is 10.8 Å². The minimum absolute atomic E-state index is 0.202. The molecular formula is C19H17F3S. The predicted molar refractivity (Wildman–Crippen MR) is 89.6 cm³/mol. The van der Waals surface area contributed by atoms with Crippen LogP contribution >= 0.6 is 11.3 Å². The molecule has 1 heterocycles. The van der Waals surface area contributed by atoms with Crippen LogP contribution in [0.3, 0.4) is 0 Å². The van der Waals surface area contributed by atoms with E-state index in [9.17, 15) is 8.78 Å². The molecule has 1 aliphatic carbocycles. The van der Waals surface area contributed by atoms with Crippen molar-refractivity contribution in [3.8, 4) is 0 Å². The lowest BCUT2D eigenvalue weighted by molar-refractivity contribution is 0.343. The van der Waals surface area contributed by atoms with Gasteiger partial charge in [0.2, 0.25) is 0 Å². The number of hydrogen-bond donors (Lipinski definition) is 0. The molecule has 0 atom stereocenters. The summed E-state index contributed by atoms with van der Waals surface area (Å²) >= 11 is 1.02. The topological polar surface area (TPSA) is 0 Å². The molecule has 0 saturated heterocycles. The molecule has 0 N–H and O–H groups in total. The van der Waals surface area contributed by atoms with Gasteiger partial charge in [0.25, 0.3) is 0 Å². The molecule has 4 heteroatoms. The number of hydrogen-bond acceptors (Lipinski definition) is 1. The maximum atomic E-state index is 15.0. The molecule has 0 unspecified atom stereocenters. The maximum Gasteiger partial charge on any atom is 0.176 e.